The maximum Gasteiger partial charge on any atom is 0.330 e. The van der Waals surface area contributed by atoms with Gasteiger partial charge in [0.25, 0.3) is 0 Å². The Labute approximate surface area is 95.2 Å². The lowest BCUT2D eigenvalue weighted by molar-refractivity contribution is -0.142. The fourth-order valence-corrected chi connectivity index (χ4v) is 1.43. The van der Waals surface area contributed by atoms with E-state index >= 15 is 0 Å². The molecule has 0 amide bonds. The van der Waals surface area contributed by atoms with E-state index < -0.39 is 18.2 Å². The molecule has 0 bridgehead atoms. The Kier molecular flexibility index (Phi) is 5.22. The lowest BCUT2D eigenvalue weighted by atomic mass is 10.1. The molecule has 4 heteroatoms. The number of hydrogen-bond donors (Lipinski definition) is 2. The molecule has 90 valence electrons. The predicted octanol–water partition coefficient (Wildman–Crippen LogP) is 0.936. The fraction of sp³-hybridized carbons (Fsp3) is 0.583. The Bertz CT molecular complexity index is 283. The van der Waals surface area contributed by atoms with E-state index in [2.05, 4.69) is 0 Å². The van der Waals surface area contributed by atoms with Gasteiger partial charge in [0, 0.05) is 12.5 Å². The summed E-state index contributed by atoms with van der Waals surface area (Å²) in [6, 6.07) is 0. The third-order valence-corrected chi connectivity index (χ3v) is 2.40. The molecule has 1 aliphatic rings. The summed E-state index contributed by atoms with van der Waals surface area (Å²) in [7, 11) is 0. The molecule has 0 saturated carbocycles. The molecule has 4 nitrogen and oxygen atoms in total. The van der Waals surface area contributed by atoms with Crippen LogP contribution in [0.5, 0.6) is 0 Å². The first-order valence-corrected chi connectivity index (χ1v) is 5.49. The van der Waals surface area contributed by atoms with E-state index in [1.165, 1.54) is 6.08 Å². The highest BCUT2D eigenvalue weighted by molar-refractivity contribution is 5.82. The predicted molar refractivity (Wildman–Crippen MR) is 59.7 cm³/mol. The molecule has 16 heavy (non-hydrogen) atoms. The van der Waals surface area contributed by atoms with Crippen molar-refractivity contribution in [2.45, 2.75) is 44.5 Å². The largest absolute Gasteiger partial charge is 0.459 e. The number of rotatable bonds is 0. The molecule has 0 aromatic heterocycles. The second kappa shape index (κ2) is 6.45. The van der Waals surface area contributed by atoms with Crippen LogP contribution >= 0.6 is 0 Å². The van der Waals surface area contributed by atoms with Crippen molar-refractivity contribution in [3.05, 3.63) is 24.3 Å². The van der Waals surface area contributed by atoms with Crippen LogP contribution in [0.3, 0.4) is 0 Å². The van der Waals surface area contributed by atoms with E-state index in [0.717, 1.165) is 6.08 Å². The van der Waals surface area contributed by atoms with Gasteiger partial charge in [-0.25, -0.2) is 4.79 Å². The molecule has 1 heterocycles. The minimum Gasteiger partial charge on any atom is -0.459 e. The van der Waals surface area contributed by atoms with Crippen LogP contribution in [0, 0.1) is 0 Å². The van der Waals surface area contributed by atoms with Crippen LogP contribution in [0.4, 0.5) is 0 Å². The molecule has 2 N–H and O–H groups in total. The van der Waals surface area contributed by atoms with Gasteiger partial charge in [-0.2, -0.15) is 0 Å². The Morgan fingerprint density at radius 2 is 2.12 bits per heavy atom. The number of aliphatic hydroxyl groups excluding tert-OH is 2. The summed E-state index contributed by atoms with van der Waals surface area (Å²) in [6.07, 6.45) is 6.08. The highest BCUT2D eigenvalue weighted by Crippen LogP contribution is 2.08. The molecule has 0 spiro atoms. The summed E-state index contributed by atoms with van der Waals surface area (Å²) in [5.74, 6) is -0.493. The number of carbonyl (C=O) groups is 1. The van der Waals surface area contributed by atoms with Crippen molar-refractivity contribution in [3.63, 3.8) is 0 Å². The topological polar surface area (TPSA) is 66.8 Å². The molecule has 0 fully saturated rings. The standard InChI is InChI=1S/C12H18O4/c1-9-5-3-2-4-6-10(13)11(14)7-8-12(15)16-9/h2-3,7-11,13-14H,4-6H2,1H3/b3-2-,8-7+/t9-,10-,11+/m1/s1. The molecule has 0 aromatic rings. The molecule has 0 aliphatic carbocycles. The number of allylic oxidation sites excluding steroid dienone is 1. The van der Waals surface area contributed by atoms with Gasteiger partial charge >= 0.3 is 5.97 Å². The van der Waals surface area contributed by atoms with E-state index in [-0.39, 0.29) is 6.10 Å². The summed E-state index contributed by atoms with van der Waals surface area (Å²) in [5.41, 5.74) is 0. The molecule has 0 radical (unpaired) electrons. The van der Waals surface area contributed by atoms with Crippen LogP contribution in [0.15, 0.2) is 24.3 Å². The van der Waals surface area contributed by atoms with Crippen molar-refractivity contribution in [2.75, 3.05) is 0 Å². The van der Waals surface area contributed by atoms with Gasteiger partial charge < -0.3 is 14.9 Å². The summed E-state index contributed by atoms with van der Waals surface area (Å²) in [4.78, 5) is 11.2. The van der Waals surface area contributed by atoms with Crippen LogP contribution in [0.2, 0.25) is 0 Å². The number of cyclic esters (lactones) is 1. The van der Waals surface area contributed by atoms with Gasteiger partial charge in [-0.05, 0) is 25.8 Å². The van der Waals surface area contributed by atoms with Crippen molar-refractivity contribution in [1.82, 2.24) is 0 Å². The zero-order chi connectivity index (χ0) is 12.0. The summed E-state index contributed by atoms with van der Waals surface area (Å²) in [5, 5.41) is 19.0. The van der Waals surface area contributed by atoms with E-state index in [1.807, 2.05) is 19.1 Å². The molecule has 0 aromatic carbocycles. The summed E-state index contributed by atoms with van der Waals surface area (Å²) in [6.45, 7) is 1.81. The maximum atomic E-state index is 11.2. The molecular weight excluding hydrogens is 208 g/mol. The third-order valence-electron chi connectivity index (χ3n) is 2.40. The maximum absolute atomic E-state index is 11.2. The van der Waals surface area contributed by atoms with Gasteiger partial charge in [0.1, 0.15) is 6.10 Å². The zero-order valence-corrected chi connectivity index (χ0v) is 9.37. The molecule has 3 atom stereocenters. The van der Waals surface area contributed by atoms with Crippen molar-refractivity contribution >= 4 is 5.97 Å². The molecular formula is C12H18O4. The number of hydrogen-bond acceptors (Lipinski definition) is 4. The first-order chi connectivity index (χ1) is 7.59. The monoisotopic (exact) mass is 226 g/mol. The Morgan fingerprint density at radius 3 is 2.88 bits per heavy atom. The van der Waals surface area contributed by atoms with Crippen LogP contribution < -0.4 is 0 Å². The molecule has 1 aliphatic heterocycles. The number of ether oxygens (including phenoxy) is 1. The Hall–Kier alpha value is -1.13. The lowest BCUT2D eigenvalue weighted by Gasteiger charge is -2.14. The highest BCUT2D eigenvalue weighted by atomic mass is 16.5. The van der Waals surface area contributed by atoms with E-state index in [9.17, 15) is 15.0 Å². The fourth-order valence-electron chi connectivity index (χ4n) is 1.43. The van der Waals surface area contributed by atoms with Crippen LogP contribution in [0.25, 0.3) is 0 Å². The first-order valence-electron chi connectivity index (χ1n) is 5.49. The number of aliphatic hydroxyl groups is 2. The van der Waals surface area contributed by atoms with Gasteiger partial charge in [0.15, 0.2) is 0 Å². The lowest BCUT2D eigenvalue weighted by Crippen LogP contribution is -2.24. The number of esters is 1. The first kappa shape index (κ1) is 12.9. The average molecular weight is 226 g/mol. The highest BCUT2D eigenvalue weighted by Gasteiger charge is 2.14. The van der Waals surface area contributed by atoms with Crippen LogP contribution in [-0.4, -0.2) is 34.5 Å². The minimum absolute atomic E-state index is 0.171. The third kappa shape index (κ3) is 4.59. The van der Waals surface area contributed by atoms with E-state index in [1.54, 1.807) is 0 Å². The molecule has 0 unspecified atom stereocenters. The molecule has 0 saturated heterocycles. The van der Waals surface area contributed by atoms with Crippen LogP contribution in [0.1, 0.15) is 26.2 Å². The van der Waals surface area contributed by atoms with Crippen molar-refractivity contribution < 1.29 is 19.7 Å². The smallest absolute Gasteiger partial charge is 0.330 e. The van der Waals surface area contributed by atoms with Crippen molar-refractivity contribution in [2.24, 2.45) is 0 Å². The van der Waals surface area contributed by atoms with E-state index in [0.29, 0.717) is 19.3 Å². The van der Waals surface area contributed by atoms with Gasteiger partial charge in [0.05, 0.1) is 12.2 Å². The van der Waals surface area contributed by atoms with Crippen molar-refractivity contribution in [1.29, 1.82) is 0 Å². The second-order valence-electron chi connectivity index (χ2n) is 3.95. The molecule has 1 rings (SSSR count). The van der Waals surface area contributed by atoms with E-state index in [4.69, 9.17) is 4.74 Å². The van der Waals surface area contributed by atoms with Gasteiger partial charge in [0.2, 0.25) is 0 Å². The second-order valence-corrected chi connectivity index (χ2v) is 3.95. The van der Waals surface area contributed by atoms with Crippen LogP contribution in [-0.2, 0) is 9.53 Å². The number of carbonyl (C=O) groups excluding carboxylic acids is 1. The Morgan fingerprint density at radius 1 is 1.38 bits per heavy atom. The summed E-state index contributed by atoms with van der Waals surface area (Å²) >= 11 is 0. The normalized spacial score (nSPS) is 36.7. The minimum atomic E-state index is -1.02. The summed E-state index contributed by atoms with van der Waals surface area (Å²) < 4.78 is 5.04. The quantitative estimate of drug-likeness (QED) is 0.476. The van der Waals surface area contributed by atoms with Gasteiger partial charge in [-0.3, -0.25) is 0 Å². The SMILES string of the molecule is C[C@@H]1C/C=C\CC[C@@H](O)[C@@H](O)/C=C/C(=O)O1. The van der Waals surface area contributed by atoms with Crippen molar-refractivity contribution in [3.8, 4) is 0 Å². The van der Waals surface area contributed by atoms with Gasteiger partial charge in [-0.1, -0.05) is 12.2 Å². The zero-order valence-electron chi connectivity index (χ0n) is 9.37. The van der Waals surface area contributed by atoms with Gasteiger partial charge in [-0.15, -0.1) is 0 Å². The Balaban J connectivity index is 2.65. The average Bonchev–Trinajstić information content (AvgIpc) is 2.23.